The topological polar surface area (TPSA) is 134 Å². The zero-order chi connectivity index (χ0) is 22.2. The van der Waals surface area contributed by atoms with Crippen molar-refractivity contribution in [1.29, 1.82) is 0 Å². The van der Waals surface area contributed by atoms with E-state index in [1.54, 1.807) is 20.9 Å². The van der Waals surface area contributed by atoms with Crippen molar-refractivity contribution in [3.05, 3.63) is 0 Å². The molecule has 0 aromatic heterocycles. The molecule has 0 aromatic carbocycles. The van der Waals surface area contributed by atoms with Gasteiger partial charge in [-0.05, 0) is 47.2 Å². The summed E-state index contributed by atoms with van der Waals surface area (Å²) in [6.07, 6.45) is 2.72. The summed E-state index contributed by atoms with van der Waals surface area (Å²) < 4.78 is 5.31. The second kappa shape index (κ2) is 11.2. The number of nitrogens with one attached hydrogen (secondary N) is 2. The van der Waals surface area contributed by atoms with Crippen molar-refractivity contribution in [2.75, 3.05) is 40.8 Å². The highest BCUT2D eigenvalue weighted by Crippen LogP contribution is 2.25. The van der Waals surface area contributed by atoms with Gasteiger partial charge in [-0.15, -0.1) is 0 Å². The lowest BCUT2D eigenvalue weighted by Crippen LogP contribution is -2.54. The van der Waals surface area contributed by atoms with E-state index in [-0.39, 0.29) is 42.9 Å². The lowest BCUT2D eigenvalue weighted by molar-refractivity contribution is -0.152. The number of aldehydes is 1. The quantitative estimate of drug-likeness (QED) is 0.331. The van der Waals surface area contributed by atoms with Crippen LogP contribution in [0.5, 0.6) is 0 Å². The number of hydrogen-bond donors (Lipinski definition) is 3. The zero-order valence-corrected chi connectivity index (χ0v) is 18.1. The molecular formula is C19H35N5O5. The number of likely N-dealkylation sites (tertiary alicyclic amines) is 1. The maximum atomic E-state index is 13.0. The molecule has 1 rings (SSSR count). The maximum Gasteiger partial charge on any atom is 0.254 e. The molecular weight excluding hydrogens is 378 g/mol. The SMILES string of the molecule is CNCC(=O)NC(C=O)CN(CCC1CCC(C(N)=O)N1C)C(=O)C(C)(C)OC. The summed E-state index contributed by atoms with van der Waals surface area (Å²) in [7, 11) is 4.93. The van der Waals surface area contributed by atoms with Gasteiger partial charge in [0.05, 0.1) is 12.6 Å². The normalized spacial score (nSPS) is 20.9. The van der Waals surface area contributed by atoms with Gasteiger partial charge in [-0.3, -0.25) is 19.3 Å². The number of methoxy groups -OCH3 is 1. The van der Waals surface area contributed by atoms with E-state index in [1.807, 2.05) is 11.9 Å². The predicted octanol–water partition coefficient (Wildman–Crippen LogP) is -1.52. The van der Waals surface area contributed by atoms with Crippen LogP contribution in [0, 0.1) is 0 Å². The van der Waals surface area contributed by atoms with Crippen LogP contribution in [-0.2, 0) is 23.9 Å². The van der Waals surface area contributed by atoms with Gasteiger partial charge in [0.15, 0.2) is 0 Å². The molecule has 3 atom stereocenters. The molecule has 0 aliphatic carbocycles. The van der Waals surface area contributed by atoms with Crippen molar-refractivity contribution in [2.24, 2.45) is 5.73 Å². The Hall–Kier alpha value is -2.04. The summed E-state index contributed by atoms with van der Waals surface area (Å²) in [6, 6.07) is -1.03. The van der Waals surface area contributed by atoms with Crippen LogP contribution in [0.15, 0.2) is 0 Å². The van der Waals surface area contributed by atoms with Crippen molar-refractivity contribution in [2.45, 2.75) is 56.8 Å². The van der Waals surface area contributed by atoms with Crippen molar-refractivity contribution >= 4 is 24.0 Å². The first-order valence-corrected chi connectivity index (χ1v) is 9.82. The van der Waals surface area contributed by atoms with Gasteiger partial charge in [0.1, 0.15) is 17.9 Å². The Kier molecular flexibility index (Phi) is 9.67. The number of carbonyl (C=O) groups is 4. The molecule has 1 aliphatic rings. The monoisotopic (exact) mass is 413 g/mol. The first-order chi connectivity index (χ1) is 13.6. The Morgan fingerprint density at radius 1 is 1.34 bits per heavy atom. The number of carbonyl (C=O) groups excluding carboxylic acids is 4. The molecule has 0 bridgehead atoms. The summed E-state index contributed by atoms with van der Waals surface area (Å²) >= 11 is 0. The summed E-state index contributed by atoms with van der Waals surface area (Å²) in [5, 5.41) is 5.32. The van der Waals surface area contributed by atoms with Crippen LogP contribution in [0.4, 0.5) is 0 Å². The average molecular weight is 414 g/mol. The summed E-state index contributed by atoms with van der Waals surface area (Å²) in [4.78, 5) is 51.3. The molecule has 166 valence electrons. The molecule has 1 heterocycles. The maximum absolute atomic E-state index is 13.0. The standard InChI is InChI=1S/C19H35N5O5/c1-19(2,29-5)18(28)24(11-13(12-25)22-16(26)10-21-3)9-8-14-6-7-15(17(20)27)23(14)4/h12-15,21H,6-11H2,1-5H3,(H2,20,27)(H,22,26). The van der Waals surface area contributed by atoms with Gasteiger partial charge in [0.2, 0.25) is 11.8 Å². The molecule has 3 amide bonds. The smallest absolute Gasteiger partial charge is 0.254 e. The molecule has 29 heavy (non-hydrogen) atoms. The first kappa shape index (κ1) is 25.0. The largest absolute Gasteiger partial charge is 0.369 e. The van der Waals surface area contributed by atoms with Crippen molar-refractivity contribution in [3.63, 3.8) is 0 Å². The molecule has 0 saturated carbocycles. The van der Waals surface area contributed by atoms with Gasteiger partial charge in [-0.25, -0.2) is 0 Å². The van der Waals surface area contributed by atoms with Gasteiger partial charge in [0.25, 0.3) is 5.91 Å². The molecule has 1 fully saturated rings. The highest BCUT2D eigenvalue weighted by molar-refractivity contribution is 5.85. The van der Waals surface area contributed by atoms with E-state index >= 15 is 0 Å². The molecule has 0 radical (unpaired) electrons. The third kappa shape index (κ3) is 7.06. The second-order valence-corrected chi connectivity index (χ2v) is 7.91. The molecule has 10 heteroatoms. The summed E-state index contributed by atoms with van der Waals surface area (Å²) in [5.74, 6) is -0.957. The number of primary amides is 1. The number of amides is 3. The minimum Gasteiger partial charge on any atom is -0.369 e. The van der Waals surface area contributed by atoms with Crippen LogP contribution in [-0.4, -0.2) is 98.4 Å². The molecule has 3 unspecified atom stereocenters. The lowest BCUT2D eigenvalue weighted by Gasteiger charge is -2.34. The average Bonchev–Trinajstić information content (AvgIpc) is 3.04. The molecule has 0 aromatic rings. The van der Waals surface area contributed by atoms with E-state index in [4.69, 9.17) is 10.5 Å². The first-order valence-electron chi connectivity index (χ1n) is 9.82. The summed E-state index contributed by atoms with van der Waals surface area (Å²) in [5.41, 5.74) is 4.37. The fourth-order valence-electron chi connectivity index (χ4n) is 3.53. The summed E-state index contributed by atoms with van der Waals surface area (Å²) in [6.45, 7) is 3.78. The molecule has 1 saturated heterocycles. The third-order valence-corrected chi connectivity index (χ3v) is 5.48. The van der Waals surface area contributed by atoms with E-state index < -0.39 is 11.6 Å². The second-order valence-electron chi connectivity index (χ2n) is 7.91. The van der Waals surface area contributed by atoms with Crippen molar-refractivity contribution in [3.8, 4) is 0 Å². The Balaban J connectivity index is 2.86. The third-order valence-electron chi connectivity index (χ3n) is 5.48. The van der Waals surface area contributed by atoms with Gasteiger partial charge in [-0.1, -0.05) is 0 Å². The fourth-order valence-corrected chi connectivity index (χ4v) is 3.53. The number of hydrogen-bond acceptors (Lipinski definition) is 7. The van der Waals surface area contributed by atoms with Gasteiger partial charge < -0.3 is 30.8 Å². The van der Waals surface area contributed by atoms with E-state index in [1.165, 1.54) is 12.0 Å². The van der Waals surface area contributed by atoms with Crippen LogP contribution in [0.3, 0.4) is 0 Å². The van der Waals surface area contributed by atoms with E-state index in [9.17, 15) is 19.2 Å². The molecule has 10 nitrogen and oxygen atoms in total. The Morgan fingerprint density at radius 3 is 2.48 bits per heavy atom. The highest BCUT2D eigenvalue weighted by atomic mass is 16.5. The van der Waals surface area contributed by atoms with E-state index in [0.29, 0.717) is 25.7 Å². The lowest BCUT2D eigenvalue weighted by atomic mass is 10.1. The minimum absolute atomic E-state index is 0.0419. The predicted molar refractivity (Wildman–Crippen MR) is 108 cm³/mol. The van der Waals surface area contributed by atoms with Gasteiger partial charge >= 0.3 is 0 Å². The van der Waals surface area contributed by atoms with Crippen LogP contribution < -0.4 is 16.4 Å². The number of ether oxygens (including phenoxy) is 1. The Morgan fingerprint density at radius 2 is 2.00 bits per heavy atom. The molecule has 1 aliphatic heterocycles. The van der Waals surface area contributed by atoms with Gasteiger partial charge in [-0.2, -0.15) is 0 Å². The van der Waals surface area contributed by atoms with Crippen LogP contribution in [0.25, 0.3) is 0 Å². The minimum atomic E-state index is -1.07. The van der Waals surface area contributed by atoms with E-state index in [0.717, 1.165) is 6.42 Å². The van der Waals surface area contributed by atoms with Crippen LogP contribution in [0.2, 0.25) is 0 Å². The Bertz CT molecular complexity index is 598. The zero-order valence-electron chi connectivity index (χ0n) is 18.1. The highest BCUT2D eigenvalue weighted by Gasteiger charge is 2.36. The van der Waals surface area contributed by atoms with Crippen molar-refractivity contribution in [1.82, 2.24) is 20.4 Å². The van der Waals surface area contributed by atoms with E-state index in [2.05, 4.69) is 10.6 Å². The van der Waals surface area contributed by atoms with Gasteiger partial charge in [0, 0.05) is 26.2 Å². The molecule has 0 spiro atoms. The molecule has 4 N–H and O–H groups in total. The number of nitrogens with zero attached hydrogens (tertiary/aromatic N) is 2. The number of rotatable bonds is 12. The number of nitrogens with two attached hydrogens (primary N) is 1. The van der Waals surface area contributed by atoms with Crippen LogP contribution in [0.1, 0.15) is 33.1 Å². The fraction of sp³-hybridized carbons (Fsp3) is 0.789. The number of likely N-dealkylation sites (N-methyl/N-ethyl adjacent to an activating group) is 2. The Labute approximate surface area is 172 Å². The van der Waals surface area contributed by atoms with Crippen molar-refractivity contribution < 1.29 is 23.9 Å². The van der Waals surface area contributed by atoms with Crippen LogP contribution >= 0.6 is 0 Å².